The molecule has 2 saturated heterocycles. The van der Waals surface area contributed by atoms with Crippen molar-refractivity contribution in [3.8, 4) is 0 Å². The number of azide groups is 1. The predicted molar refractivity (Wildman–Crippen MR) is 59.5 cm³/mol. The number of hydrogen-bond acceptors (Lipinski definition) is 6. The van der Waals surface area contributed by atoms with Crippen molar-refractivity contribution < 1.29 is 24.1 Å². The number of nitrogens with zero attached hydrogens (tertiary/aromatic N) is 3. The quantitative estimate of drug-likeness (QED) is 0.443. The van der Waals surface area contributed by atoms with Crippen molar-refractivity contribution in [1.29, 1.82) is 0 Å². The van der Waals surface area contributed by atoms with Crippen LogP contribution in [0.3, 0.4) is 0 Å². The normalized spacial score (nSPS) is 42.8. The van der Waals surface area contributed by atoms with Crippen LogP contribution >= 0.6 is 0 Å². The zero-order valence-electron chi connectivity index (χ0n) is 10.5. The average molecular weight is 259 g/mol. The molecule has 102 valence electrons. The van der Waals surface area contributed by atoms with Gasteiger partial charge in [-0.15, -0.1) is 0 Å². The zero-order chi connectivity index (χ0) is 13.3. The highest BCUT2D eigenvalue weighted by Crippen LogP contribution is 2.33. The molecule has 2 unspecified atom stereocenters. The molecule has 0 radical (unpaired) electrons. The van der Waals surface area contributed by atoms with Crippen LogP contribution in [-0.4, -0.2) is 55.3 Å². The summed E-state index contributed by atoms with van der Waals surface area (Å²) in [4.78, 5) is 2.75. The summed E-state index contributed by atoms with van der Waals surface area (Å²) >= 11 is 0. The third kappa shape index (κ3) is 2.44. The number of ether oxygens (including phenoxy) is 4. The Balaban J connectivity index is 2.23. The number of methoxy groups -OCH3 is 1. The highest BCUT2D eigenvalue weighted by Gasteiger charge is 2.50. The van der Waals surface area contributed by atoms with Crippen molar-refractivity contribution in [2.24, 2.45) is 5.11 Å². The van der Waals surface area contributed by atoms with E-state index < -0.39 is 36.4 Å². The van der Waals surface area contributed by atoms with E-state index in [1.165, 1.54) is 7.11 Å². The lowest BCUT2D eigenvalue weighted by Gasteiger charge is -2.48. The van der Waals surface area contributed by atoms with Gasteiger partial charge in [0.2, 0.25) is 0 Å². The molecule has 0 spiro atoms. The van der Waals surface area contributed by atoms with Gasteiger partial charge >= 0.3 is 0 Å². The molecule has 0 aromatic rings. The molecule has 0 saturated carbocycles. The van der Waals surface area contributed by atoms with Gasteiger partial charge in [-0.25, -0.2) is 0 Å². The van der Waals surface area contributed by atoms with Gasteiger partial charge in [0.05, 0.1) is 12.6 Å². The SMILES string of the molecule is CO[C@@H]1OC2COC(C)(C)O[C@@H]2[C@H](N=[N+]=[N-])C1O. The molecule has 0 aromatic heterocycles. The maximum Gasteiger partial charge on any atom is 0.184 e. The minimum atomic E-state index is -1.07. The second-order valence-corrected chi connectivity index (χ2v) is 4.76. The van der Waals surface area contributed by atoms with E-state index in [0.717, 1.165) is 0 Å². The van der Waals surface area contributed by atoms with E-state index in [9.17, 15) is 5.11 Å². The summed E-state index contributed by atoms with van der Waals surface area (Å²) in [5.41, 5.74) is 8.59. The third-order valence-electron chi connectivity index (χ3n) is 3.07. The number of aliphatic hydroxyl groups is 1. The van der Waals surface area contributed by atoms with Gasteiger partial charge in [-0.05, 0) is 19.4 Å². The van der Waals surface area contributed by atoms with Crippen LogP contribution in [0.15, 0.2) is 5.11 Å². The van der Waals surface area contributed by atoms with Gasteiger partial charge in [0, 0.05) is 12.0 Å². The van der Waals surface area contributed by atoms with E-state index >= 15 is 0 Å². The van der Waals surface area contributed by atoms with E-state index in [1.807, 2.05) is 0 Å². The smallest absolute Gasteiger partial charge is 0.184 e. The van der Waals surface area contributed by atoms with E-state index in [1.54, 1.807) is 13.8 Å². The van der Waals surface area contributed by atoms with Gasteiger partial charge < -0.3 is 24.1 Å². The van der Waals surface area contributed by atoms with Crippen molar-refractivity contribution in [3.63, 3.8) is 0 Å². The average Bonchev–Trinajstić information content (AvgIpc) is 2.32. The summed E-state index contributed by atoms with van der Waals surface area (Å²) in [6.07, 6.45) is -2.90. The van der Waals surface area contributed by atoms with Gasteiger partial charge in [0.25, 0.3) is 0 Å². The van der Waals surface area contributed by atoms with Crippen LogP contribution in [0.25, 0.3) is 10.4 Å². The summed E-state index contributed by atoms with van der Waals surface area (Å²) in [7, 11) is 1.41. The Bertz CT molecular complexity index is 357. The first-order valence-electron chi connectivity index (χ1n) is 5.71. The fourth-order valence-corrected chi connectivity index (χ4v) is 2.22. The first-order valence-corrected chi connectivity index (χ1v) is 5.71. The van der Waals surface area contributed by atoms with Crippen LogP contribution < -0.4 is 0 Å². The lowest BCUT2D eigenvalue weighted by molar-refractivity contribution is -0.362. The van der Waals surface area contributed by atoms with Crippen molar-refractivity contribution in [2.45, 2.75) is 50.3 Å². The van der Waals surface area contributed by atoms with Gasteiger partial charge in [-0.2, -0.15) is 0 Å². The third-order valence-corrected chi connectivity index (χ3v) is 3.07. The molecule has 1 N–H and O–H groups in total. The molecule has 2 rings (SSSR count). The first-order chi connectivity index (χ1) is 8.48. The Labute approximate surface area is 104 Å². The van der Waals surface area contributed by atoms with Gasteiger partial charge in [-0.3, -0.25) is 0 Å². The van der Waals surface area contributed by atoms with E-state index in [4.69, 9.17) is 24.5 Å². The largest absolute Gasteiger partial charge is 0.387 e. The molecule has 8 nitrogen and oxygen atoms in total. The molecule has 0 aliphatic carbocycles. The molecule has 0 aromatic carbocycles. The Morgan fingerprint density at radius 2 is 2.22 bits per heavy atom. The second-order valence-electron chi connectivity index (χ2n) is 4.76. The van der Waals surface area contributed by atoms with Crippen molar-refractivity contribution in [1.82, 2.24) is 0 Å². The molecular weight excluding hydrogens is 242 g/mol. The van der Waals surface area contributed by atoms with Crippen molar-refractivity contribution in [2.75, 3.05) is 13.7 Å². The molecule has 2 aliphatic heterocycles. The minimum absolute atomic E-state index is 0.293. The molecule has 5 atom stereocenters. The summed E-state index contributed by atoms with van der Waals surface area (Å²) in [5, 5.41) is 13.6. The Kier molecular flexibility index (Phi) is 3.76. The molecule has 2 fully saturated rings. The Morgan fingerprint density at radius 3 is 2.83 bits per heavy atom. The molecular formula is C10H17N3O5. The minimum Gasteiger partial charge on any atom is -0.387 e. The van der Waals surface area contributed by atoms with Crippen LogP contribution in [0.4, 0.5) is 0 Å². The second kappa shape index (κ2) is 5.00. The summed E-state index contributed by atoms with van der Waals surface area (Å²) < 4.78 is 21.7. The zero-order valence-corrected chi connectivity index (χ0v) is 10.5. The topological polar surface area (TPSA) is 106 Å². The first kappa shape index (κ1) is 13.5. The molecule has 2 heterocycles. The maximum atomic E-state index is 10.0. The van der Waals surface area contributed by atoms with Gasteiger partial charge in [-0.1, -0.05) is 5.11 Å². The predicted octanol–water partition coefficient (Wildman–Crippen LogP) is 0.549. The van der Waals surface area contributed by atoms with Gasteiger partial charge in [0.1, 0.15) is 18.3 Å². The lowest BCUT2D eigenvalue weighted by atomic mass is 9.95. The molecule has 0 amide bonds. The lowest BCUT2D eigenvalue weighted by Crippen LogP contribution is -2.64. The van der Waals surface area contributed by atoms with E-state index in [0.29, 0.717) is 6.61 Å². The fourth-order valence-electron chi connectivity index (χ4n) is 2.22. The summed E-state index contributed by atoms with van der Waals surface area (Å²) in [6, 6.07) is -0.762. The van der Waals surface area contributed by atoms with Crippen LogP contribution in [0.2, 0.25) is 0 Å². The Hall–Kier alpha value is -0.890. The highest BCUT2D eigenvalue weighted by molar-refractivity contribution is 4.97. The maximum absolute atomic E-state index is 10.0. The highest BCUT2D eigenvalue weighted by atomic mass is 16.8. The summed E-state index contributed by atoms with van der Waals surface area (Å²) in [6.45, 7) is 3.80. The van der Waals surface area contributed by atoms with Crippen LogP contribution in [0.1, 0.15) is 13.8 Å². The van der Waals surface area contributed by atoms with E-state index in [-0.39, 0.29) is 0 Å². The molecule has 18 heavy (non-hydrogen) atoms. The van der Waals surface area contributed by atoms with Crippen molar-refractivity contribution in [3.05, 3.63) is 10.4 Å². The molecule has 2 aliphatic rings. The monoisotopic (exact) mass is 259 g/mol. The van der Waals surface area contributed by atoms with Gasteiger partial charge in [0.15, 0.2) is 12.1 Å². The molecule has 8 heteroatoms. The van der Waals surface area contributed by atoms with E-state index in [2.05, 4.69) is 10.0 Å². The van der Waals surface area contributed by atoms with Crippen LogP contribution in [-0.2, 0) is 18.9 Å². The number of rotatable bonds is 2. The fraction of sp³-hybridized carbons (Fsp3) is 1.00. The van der Waals surface area contributed by atoms with Crippen LogP contribution in [0, 0.1) is 0 Å². The molecule has 0 bridgehead atoms. The van der Waals surface area contributed by atoms with Crippen molar-refractivity contribution >= 4 is 0 Å². The number of aliphatic hydroxyl groups excluding tert-OH is 1. The summed E-state index contributed by atoms with van der Waals surface area (Å²) in [5.74, 6) is -0.798. The van der Waals surface area contributed by atoms with Crippen LogP contribution in [0.5, 0.6) is 0 Å². The number of fused-ring (bicyclic) bond motifs is 1. The standard InChI is InChI=1S/C10H17N3O5/c1-10(2)16-4-5-8(18-10)6(12-13-11)7(14)9(15-3)17-5/h5-9,14H,4H2,1-3H3/t5?,6-,7?,8+,9-/m1/s1. The Morgan fingerprint density at radius 1 is 1.50 bits per heavy atom. The number of hydrogen-bond donors (Lipinski definition) is 1.